The summed E-state index contributed by atoms with van der Waals surface area (Å²) in [5.74, 6) is -1.34. The molecule has 2 aromatic rings. The third-order valence-corrected chi connectivity index (χ3v) is 3.75. The molecule has 0 aliphatic carbocycles. The molecule has 2 aromatic carbocycles. The Morgan fingerprint density at radius 2 is 1.75 bits per heavy atom. The monoisotopic (exact) mass is 327 g/mol. The fourth-order valence-electron chi connectivity index (χ4n) is 2.45. The van der Waals surface area contributed by atoms with Crippen LogP contribution in [-0.2, 0) is 22.7 Å². The summed E-state index contributed by atoms with van der Waals surface area (Å²) in [5, 5.41) is 9.13. The van der Waals surface area contributed by atoms with Crippen molar-refractivity contribution in [3.8, 4) is 0 Å². The van der Waals surface area contributed by atoms with Crippen molar-refractivity contribution in [1.29, 1.82) is 0 Å². The fraction of sp³-hybridized carbons (Fsp3) is 0.263. The molecule has 0 unspecified atom stereocenters. The molecule has 0 aromatic heterocycles. The lowest BCUT2D eigenvalue weighted by Gasteiger charge is -2.22. The van der Waals surface area contributed by atoms with Gasteiger partial charge in [0, 0.05) is 19.2 Å². The van der Waals surface area contributed by atoms with E-state index in [4.69, 9.17) is 9.84 Å². The van der Waals surface area contributed by atoms with Gasteiger partial charge in [-0.05, 0) is 35.7 Å². The summed E-state index contributed by atoms with van der Waals surface area (Å²) < 4.78 is 5.05. The summed E-state index contributed by atoms with van der Waals surface area (Å²) in [7, 11) is 1.61. The van der Waals surface area contributed by atoms with Gasteiger partial charge in [-0.15, -0.1) is 0 Å². The van der Waals surface area contributed by atoms with Gasteiger partial charge in [0.15, 0.2) is 0 Å². The normalized spacial score (nSPS) is 10.4. The average Bonchev–Trinajstić information content (AvgIpc) is 2.56. The summed E-state index contributed by atoms with van der Waals surface area (Å²) in [5.41, 5.74) is 3.38. The largest absolute Gasteiger partial charge is 0.480 e. The molecule has 1 N–H and O–H groups in total. The summed E-state index contributed by atoms with van der Waals surface area (Å²) in [6.45, 7) is 2.33. The number of methoxy groups -OCH3 is 1. The molecule has 0 radical (unpaired) electrons. The van der Waals surface area contributed by atoms with Crippen molar-refractivity contribution in [2.24, 2.45) is 0 Å². The SMILES string of the molecule is COCc1ccc(C(=O)N(CC(=O)O)Cc2ccccc2C)cc1. The Morgan fingerprint density at radius 3 is 2.33 bits per heavy atom. The first-order chi connectivity index (χ1) is 11.5. The van der Waals surface area contributed by atoms with Gasteiger partial charge in [-0.25, -0.2) is 0 Å². The molecule has 2 rings (SSSR count). The van der Waals surface area contributed by atoms with Gasteiger partial charge in [-0.2, -0.15) is 0 Å². The van der Waals surface area contributed by atoms with Crippen LogP contribution in [0, 0.1) is 6.92 Å². The van der Waals surface area contributed by atoms with Crippen LogP contribution in [-0.4, -0.2) is 35.5 Å². The highest BCUT2D eigenvalue weighted by Gasteiger charge is 2.19. The van der Waals surface area contributed by atoms with Gasteiger partial charge in [0.1, 0.15) is 6.54 Å². The number of nitrogens with zero attached hydrogens (tertiary/aromatic N) is 1. The second kappa shape index (κ2) is 8.26. The van der Waals surface area contributed by atoms with E-state index in [1.807, 2.05) is 43.3 Å². The zero-order valence-electron chi connectivity index (χ0n) is 13.9. The Kier molecular flexibility index (Phi) is 6.09. The molecular formula is C19H21NO4. The zero-order chi connectivity index (χ0) is 17.5. The molecule has 24 heavy (non-hydrogen) atoms. The van der Waals surface area contributed by atoms with E-state index in [1.54, 1.807) is 19.2 Å². The predicted octanol–water partition coefficient (Wildman–Crippen LogP) is 2.87. The second-order valence-corrected chi connectivity index (χ2v) is 5.61. The predicted molar refractivity (Wildman–Crippen MR) is 90.7 cm³/mol. The highest BCUT2D eigenvalue weighted by molar-refractivity contribution is 5.95. The Morgan fingerprint density at radius 1 is 1.08 bits per heavy atom. The molecule has 0 saturated carbocycles. The Balaban J connectivity index is 2.21. The number of benzene rings is 2. The maximum absolute atomic E-state index is 12.7. The minimum Gasteiger partial charge on any atom is -0.480 e. The van der Waals surface area contributed by atoms with E-state index in [-0.39, 0.29) is 19.0 Å². The molecule has 0 aliphatic rings. The Labute approximate surface area is 141 Å². The summed E-state index contributed by atoms with van der Waals surface area (Å²) in [6.07, 6.45) is 0. The van der Waals surface area contributed by atoms with E-state index in [0.717, 1.165) is 16.7 Å². The van der Waals surface area contributed by atoms with Crippen molar-refractivity contribution in [2.75, 3.05) is 13.7 Å². The van der Waals surface area contributed by atoms with Crippen molar-refractivity contribution in [1.82, 2.24) is 4.90 Å². The van der Waals surface area contributed by atoms with Crippen LogP contribution < -0.4 is 0 Å². The number of aryl methyl sites for hydroxylation is 1. The van der Waals surface area contributed by atoms with Crippen LogP contribution in [0.25, 0.3) is 0 Å². The molecule has 0 bridgehead atoms. The molecule has 0 saturated heterocycles. The number of aliphatic carboxylic acids is 1. The third kappa shape index (κ3) is 4.67. The summed E-state index contributed by atoms with van der Waals surface area (Å²) in [4.78, 5) is 25.2. The van der Waals surface area contributed by atoms with Crippen molar-refractivity contribution < 1.29 is 19.4 Å². The van der Waals surface area contributed by atoms with Crippen LogP contribution in [0.5, 0.6) is 0 Å². The lowest BCUT2D eigenvalue weighted by molar-refractivity contribution is -0.137. The van der Waals surface area contributed by atoms with Gasteiger partial charge in [-0.3, -0.25) is 9.59 Å². The Bertz CT molecular complexity index is 710. The molecular weight excluding hydrogens is 306 g/mol. The minimum atomic E-state index is -1.03. The lowest BCUT2D eigenvalue weighted by atomic mass is 10.1. The van der Waals surface area contributed by atoms with Crippen LogP contribution in [0.1, 0.15) is 27.0 Å². The molecule has 0 aliphatic heterocycles. The van der Waals surface area contributed by atoms with E-state index in [1.165, 1.54) is 4.90 Å². The fourth-order valence-corrected chi connectivity index (χ4v) is 2.45. The molecule has 126 valence electrons. The quantitative estimate of drug-likeness (QED) is 0.849. The van der Waals surface area contributed by atoms with Gasteiger partial charge in [0.25, 0.3) is 5.91 Å². The van der Waals surface area contributed by atoms with Crippen molar-refractivity contribution in [3.63, 3.8) is 0 Å². The van der Waals surface area contributed by atoms with E-state index in [2.05, 4.69) is 0 Å². The first-order valence-corrected chi connectivity index (χ1v) is 7.64. The standard InChI is InChI=1S/C19H21NO4/c1-14-5-3-4-6-17(14)11-20(12-18(21)22)19(23)16-9-7-15(8-10-16)13-24-2/h3-10H,11-13H2,1-2H3,(H,21,22). The molecule has 1 amide bonds. The van der Waals surface area contributed by atoms with E-state index < -0.39 is 5.97 Å². The number of carbonyl (C=O) groups excluding carboxylic acids is 1. The minimum absolute atomic E-state index is 0.262. The Hall–Kier alpha value is -2.66. The van der Waals surface area contributed by atoms with Crippen LogP contribution in [0.3, 0.4) is 0 Å². The first-order valence-electron chi connectivity index (χ1n) is 7.64. The highest BCUT2D eigenvalue weighted by atomic mass is 16.5. The van der Waals surface area contributed by atoms with Gasteiger partial charge >= 0.3 is 5.97 Å². The molecule has 5 nitrogen and oxygen atoms in total. The van der Waals surface area contributed by atoms with Gasteiger partial charge in [0.05, 0.1) is 6.61 Å². The first kappa shape index (κ1) is 17.7. The molecule has 0 fully saturated rings. The summed E-state index contributed by atoms with van der Waals surface area (Å²) >= 11 is 0. The smallest absolute Gasteiger partial charge is 0.323 e. The van der Waals surface area contributed by atoms with Crippen LogP contribution in [0.4, 0.5) is 0 Å². The van der Waals surface area contributed by atoms with Gasteiger partial charge in [-0.1, -0.05) is 36.4 Å². The number of hydrogen-bond donors (Lipinski definition) is 1. The van der Waals surface area contributed by atoms with Crippen molar-refractivity contribution >= 4 is 11.9 Å². The highest BCUT2D eigenvalue weighted by Crippen LogP contribution is 2.14. The number of rotatable bonds is 7. The molecule has 5 heteroatoms. The number of ether oxygens (including phenoxy) is 1. The van der Waals surface area contributed by atoms with Crippen molar-refractivity contribution in [2.45, 2.75) is 20.1 Å². The van der Waals surface area contributed by atoms with E-state index in [9.17, 15) is 9.59 Å². The van der Waals surface area contributed by atoms with Crippen LogP contribution >= 0.6 is 0 Å². The number of hydrogen-bond acceptors (Lipinski definition) is 3. The van der Waals surface area contributed by atoms with Crippen molar-refractivity contribution in [3.05, 3.63) is 70.8 Å². The molecule has 0 atom stereocenters. The number of amides is 1. The average molecular weight is 327 g/mol. The topological polar surface area (TPSA) is 66.8 Å². The zero-order valence-corrected chi connectivity index (χ0v) is 13.9. The molecule has 0 spiro atoms. The maximum atomic E-state index is 12.7. The number of carbonyl (C=O) groups is 2. The number of carboxylic acids is 1. The summed E-state index contributed by atoms with van der Waals surface area (Å²) in [6, 6.07) is 14.7. The van der Waals surface area contributed by atoms with E-state index >= 15 is 0 Å². The van der Waals surface area contributed by atoms with Crippen LogP contribution in [0.2, 0.25) is 0 Å². The third-order valence-electron chi connectivity index (χ3n) is 3.75. The van der Waals surface area contributed by atoms with Crippen LogP contribution in [0.15, 0.2) is 48.5 Å². The van der Waals surface area contributed by atoms with Gasteiger partial charge < -0.3 is 14.7 Å². The maximum Gasteiger partial charge on any atom is 0.323 e. The molecule has 0 heterocycles. The van der Waals surface area contributed by atoms with E-state index in [0.29, 0.717) is 12.2 Å². The van der Waals surface area contributed by atoms with Gasteiger partial charge in [0.2, 0.25) is 0 Å². The second-order valence-electron chi connectivity index (χ2n) is 5.61. The number of carboxylic acid groups (broad SMARTS) is 1. The lowest BCUT2D eigenvalue weighted by Crippen LogP contribution is -2.35.